The average molecular weight is 329 g/mol. The van der Waals surface area contributed by atoms with E-state index in [1.165, 1.54) is 6.07 Å². The number of urea groups is 1. The summed E-state index contributed by atoms with van der Waals surface area (Å²) < 4.78 is 15.5. The third-order valence-corrected chi connectivity index (χ3v) is 3.46. The van der Waals surface area contributed by atoms with Crippen LogP contribution in [0, 0.1) is 5.82 Å². The van der Waals surface area contributed by atoms with Crippen molar-refractivity contribution in [1.29, 1.82) is 0 Å². The highest BCUT2D eigenvalue weighted by Crippen LogP contribution is 2.10. The molecule has 0 aliphatic heterocycles. The van der Waals surface area contributed by atoms with Crippen LogP contribution in [0.15, 0.2) is 36.7 Å². The molecule has 0 atom stereocenters. The van der Waals surface area contributed by atoms with Crippen molar-refractivity contribution in [2.45, 2.75) is 19.6 Å². The van der Waals surface area contributed by atoms with Crippen molar-refractivity contribution in [2.75, 3.05) is 0 Å². The molecule has 0 spiro atoms. The molecule has 9 heteroatoms. The van der Waals surface area contributed by atoms with Gasteiger partial charge in [-0.15, -0.1) is 10.2 Å². The zero-order chi connectivity index (χ0) is 16.9. The standard InChI is InChI=1S/C15H16FN7O/c16-12-6-10(7-17)2-3-11(12)8-19-15(24)20-9-13-21-22-14-18-4-1-5-23(13)14/h1-6H,7-9,17H2,(H2,19,20,24). The number of hydrogen-bond acceptors (Lipinski definition) is 5. The van der Waals surface area contributed by atoms with Gasteiger partial charge in [-0.1, -0.05) is 12.1 Å². The van der Waals surface area contributed by atoms with Crippen LogP contribution in [0.2, 0.25) is 0 Å². The van der Waals surface area contributed by atoms with E-state index in [1.54, 1.807) is 35.0 Å². The van der Waals surface area contributed by atoms with E-state index in [-0.39, 0.29) is 19.6 Å². The van der Waals surface area contributed by atoms with Crippen LogP contribution in [0.5, 0.6) is 0 Å². The minimum absolute atomic E-state index is 0.0741. The molecule has 124 valence electrons. The highest BCUT2D eigenvalue weighted by atomic mass is 19.1. The molecule has 3 aromatic rings. The summed E-state index contributed by atoms with van der Waals surface area (Å²) in [6.45, 7) is 0.518. The molecule has 0 fully saturated rings. The van der Waals surface area contributed by atoms with Gasteiger partial charge in [0.25, 0.3) is 5.78 Å². The molecule has 0 aliphatic carbocycles. The molecule has 2 amide bonds. The quantitative estimate of drug-likeness (QED) is 0.639. The number of aromatic nitrogens is 4. The summed E-state index contributed by atoms with van der Waals surface area (Å²) in [4.78, 5) is 15.9. The maximum Gasteiger partial charge on any atom is 0.315 e. The minimum Gasteiger partial charge on any atom is -0.334 e. The number of nitrogens with one attached hydrogen (secondary N) is 2. The summed E-state index contributed by atoms with van der Waals surface area (Å²) in [6.07, 6.45) is 3.37. The second-order valence-electron chi connectivity index (χ2n) is 5.07. The van der Waals surface area contributed by atoms with Crippen molar-refractivity contribution in [1.82, 2.24) is 30.2 Å². The molecule has 24 heavy (non-hydrogen) atoms. The first-order valence-electron chi connectivity index (χ1n) is 7.31. The monoisotopic (exact) mass is 329 g/mol. The predicted octanol–water partition coefficient (Wildman–Crippen LogP) is 0.722. The second-order valence-corrected chi connectivity index (χ2v) is 5.07. The molecule has 3 rings (SSSR count). The van der Waals surface area contributed by atoms with Crippen LogP contribution in [-0.2, 0) is 19.6 Å². The molecule has 0 saturated heterocycles. The Labute approximate surface area is 136 Å². The van der Waals surface area contributed by atoms with Crippen LogP contribution in [-0.4, -0.2) is 25.6 Å². The largest absolute Gasteiger partial charge is 0.334 e. The molecule has 4 N–H and O–H groups in total. The van der Waals surface area contributed by atoms with E-state index in [0.29, 0.717) is 22.7 Å². The number of amides is 2. The van der Waals surface area contributed by atoms with Crippen LogP contribution < -0.4 is 16.4 Å². The van der Waals surface area contributed by atoms with Crippen LogP contribution >= 0.6 is 0 Å². The number of rotatable bonds is 5. The molecule has 0 unspecified atom stereocenters. The number of halogens is 1. The Morgan fingerprint density at radius 1 is 1.25 bits per heavy atom. The molecule has 0 radical (unpaired) electrons. The Bertz CT molecular complexity index is 864. The van der Waals surface area contributed by atoms with E-state index in [2.05, 4.69) is 25.8 Å². The van der Waals surface area contributed by atoms with Gasteiger partial charge in [0, 0.05) is 31.0 Å². The lowest BCUT2D eigenvalue weighted by Crippen LogP contribution is -2.35. The summed E-state index contributed by atoms with van der Waals surface area (Å²) in [5, 5.41) is 13.1. The van der Waals surface area contributed by atoms with Crippen molar-refractivity contribution in [3.63, 3.8) is 0 Å². The fourth-order valence-electron chi connectivity index (χ4n) is 2.17. The lowest BCUT2D eigenvalue weighted by atomic mass is 10.1. The van der Waals surface area contributed by atoms with E-state index in [4.69, 9.17) is 5.73 Å². The Kier molecular flexibility index (Phi) is 4.62. The number of hydrogen-bond donors (Lipinski definition) is 3. The number of benzene rings is 1. The Hall–Kier alpha value is -3.07. The molecule has 0 saturated carbocycles. The fourth-order valence-corrected chi connectivity index (χ4v) is 2.17. The minimum atomic E-state index is -0.432. The van der Waals surface area contributed by atoms with Crippen LogP contribution in [0.1, 0.15) is 17.0 Å². The normalized spacial score (nSPS) is 10.8. The molecule has 2 heterocycles. The summed E-state index contributed by atoms with van der Waals surface area (Å²) in [7, 11) is 0. The van der Waals surface area contributed by atoms with Crippen LogP contribution in [0.4, 0.5) is 9.18 Å². The third-order valence-electron chi connectivity index (χ3n) is 3.46. The molecular formula is C15H16FN7O. The first-order chi connectivity index (χ1) is 11.7. The zero-order valence-electron chi connectivity index (χ0n) is 12.7. The predicted molar refractivity (Wildman–Crippen MR) is 84.1 cm³/mol. The summed E-state index contributed by atoms with van der Waals surface area (Å²) >= 11 is 0. The van der Waals surface area contributed by atoms with E-state index in [9.17, 15) is 9.18 Å². The lowest BCUT2D eigenvalue weighted by Gasteiger charge is -2.08. The number of fused-ring (bicyclic) bond motifs is 1. The fraction of sp³-hybridized carbons (Fsp3) is 0.200. The first-order valence-corrected chi connectivity index (χ1v) is 7.31. The van der Waals surface area contributed by atoms with Gasteiger partial charge in [0.1, 0.15) is 5.82 Å². The van der Waals surface area contributed by atoms with Gasteiger partial charge in [-0.2, -0.15) is 0 Å². The summed E-state index contributed by atoms with van der Waals surface area (Å²) in [5.74, 6) is 0.608. The third kappa shape index (κ3) is 3.46. The van der Waals surface area contributed by atoms with Gasteiger partial charge >= 0.3 is 6.03 Å². The highest BCUT2D eigenvalue weighted by Gasteiger charge is 2.09. The molecule has 0 aliphatic rings. The van der Waals surface area contributed by atoms with Gasteiger partial charge in [-0.05, 0) is 17.7 Å². The smallest absolute Gasteiger partial charge is 0.315 e. The van der Waals surface area contributed by atoms with Crippen molar-refractivity contribution < 1.29 is 9.18 Å². The maximum absolute atomic E-state index is 13.8. The number of carbonyl (C=O) groups is 1. The topological polar surface area (TPSA) is 110 Å². The SMILES string of the molecule is NCc1ccc(CNC(=O)NCc2nnc3ncccn23)c(F)c1. The number of nitrogens with two attached hydrogens (primary N) is 1. The second kappa shape index (κ2) is 7.01. The van der Waals surface area contributed by atoms with Crippen LogP contribution in [0.3, 0.4) is 0 Å². The van der Waals surface area contributed by atoms with Crippen molar-refractivity contribution in [3.8, 4) is 0 Å². The Morgan fingerprint density at radius 3 is 2.88 bits per heavy atom. The maximum atomic E-state index is 13.8. The molecule has 0 bridgehead atoms. The number of nitrogens with zero attached hydrogens (tertiary/aromatic N) is 4. The van der Waals surface area contributed by atoms with Crippen molar-refractivity contribution in [2.24, 2.45) is 5.73 Å². The summed E-state index contributed by atoms with van der Waals surface area (Å²) in [6, 6.07) is 6.01. The molecular weight excluding hydrogens is 313 g/mol. The van der Waals surface area contributed by atoms with Crippen molar-refractivity contribution >= 4 is 11.8 Å². The van der Waals surface area contributed by atoms with E-state index >= 15 is 0 Å². The van der Waals surface area contributed by atoms with Gasteiger partial charge in [-0.25, -0.2) is 14.2 Å². The van der Waals surface area contributed by atoms with Crippen molar-refractivity contribution in [3.05, 3.63) is 59.4 Å². The van der Waals surface area contributed by atoms with E-state index in [0.717, 1.165) is 0 Å². The summed E-state index contributed by atoms with van der Waals surface area (Å²) in [5.41, 5.74) is 6.54. The van der Waals surface area contributed by atoms with Gasteiger partial charge in [-0.3, -0.25) is 4.40 Å². The highest BCUT2D eigenvalue weighted by molar-refractivity contribution is 5.73. The van der Waals surface area contributed by atoms with Gasteiger partial charge < -0.3 is 16.4 Å². The Morgan fingerprint density at radius 2 is 2.08 bits per heavy atom. The van der Waals surface area contributed by atoms with E-state index in [1.807, 2.05) is 0 Å². The Balaban J connectivity index is 1.54. The lowest BCUT2D eigenvalue weighted by molar-refractivity contribution is 0.239. The molecule has 8 nitrogen and oxygen atoms in total. The van der Waals surface area contributed by atoms with Crippen LogP contribution in [0.25, 0.3) is 5.78 Å². The van der Waals surface area contributed by atoms with Gasteiger partial charge in [0.15, 0.2) is 5.82 Å². The van der Waals surface area contributed by atoms with Gasteiger partial charge in [0.05, 0.1) is 6.54 Å². The first kappa shape index (κ1) is 15.8. The molecule has 1 aromatic carbocycles. The molecule has 2 aromatic heterocycles. The average Bonchev–Trinajstić information content (AvgIpc) is 3.02. The van der Waals surface area contributed by atoms with E-state index < -0.39 is 11.8 Å². The van der Waals surface area contributed by atoms with Gasteiger partial charge in [0.2, 0.25) is 0 Å². The number of carbonyl (C=O) groups excluding carboxylic acids is 1. The zero-order valence-corrected chi connectivity index (χ0v) is 12.7.